The van der Waals surface area contributed by atoms with Crippen LogP contribution in [-0.4, -0.2) is 0 Å². The Balaban J connectivity index is 2.22. The molecule has 78 valence electrons. The molecular weight excluding hydrogens is 192 g/mol. The molecule has 0 fully saturated rings. The third kappa shape index (κ3) is 1.47. The SMILES string of the molecule is Cc1cccc2c1Cc1ccccc1C=C2. The second-order valence-corrected chi connectivity index (χ2v) is 4.35. The van der Waals surface area contributed by atoms with Crippen molar-refractivity contribution in [1.82, 2.24) is 0 Å². The average Bonchev–Trinajstić information content (AvgIpc) is 2.50. The van der Waals surface area contributed by atoms with Crippen molar-refractivity contribution in [2.45, 2.75) is 13.3 Å². The van der Waals surface area contributed by atoms with Crippen molar-refractivity contribution in [1.29, 1.82) is 0 Å². The third-order valence-electron chi connectivity index (χ3n) is 3.31. The predicted octanol–water partition coefficient (Wildman–Crippen LogP) is 4.07. The molecule has 0 spiro atoms. The molecule has 0 atom stereocenters. The molecule has 0 N–H and O–H groups in total. The molecule has 0 saturated heterocycles. The lowest BCUT2D eigenvalue weighted by molar-refractivity contribution is 1.15. The lowest BCUT2D eigenvalue weighted by Crippen LogP contribution is -1.94. The molecule has 2 aromatic carbocycles. The van der Waals surface area contributed by atoms with E-state index in [1.54, 1.807) is 0 Å². The molecule has 0 saturated carbocycles. The van der Waals surface area contributed by atoms with E-state index in [0.29, 0.717) is 0 Å². The first-order valence-corrected chi connectivity index (χ1v) is 5.69. The van der Waals surface area contributed by atoms with Crippen LogP contribution in [0.5, 0.6) is 0 Å². The maximum absolute atomic E-state index is 2.23. The van der Waals surface area contributed by atoms with Crippen LogP contribution in [0.1, 0.15) is 27.8 Å². The third-order valence-corrected chi connectivity index (χ3v) is 3.31. The summed E-state index contributed by atoms with van der Waals surface area (Å²) in [4.78, 5) is 0. The van der Waals surface area contributed by atoms with Gasteiger partial charge in [0, 0.05) is 0 Å². The molecular formula is C16H14. The van der Waals surface area contributed by atoms with E-state index in [9.17, 15) is 0 Å². The van der Waals surface area contributed by atoms with Crippen molar-refractivity contribution < 1.29 is 0 Å². The first kappa shape index (κ1) is 9.41. The topological polar surface area (TPSA) is 0 Å². The van der Waals surface area contributed by atoms with Gasteiger partial charge >= 0.3 is 0 Å². The van der Waals surface area contributed by atoms with E-state index >= 15 is 0 Å². The van der Waals surface area contributed by atoms with Gasteiger partial charge in [0.05, 0.1) is 0 Å². The second kappa shape index (κ2) is 3.64. The first-order chi connectivity index (χ1) is 7.84. The number of fused-ring (bicyclic) bond motifs is 2. The lowest BCUT2D eigenvalue weighted by Gasteiger charge is -2.08. The van der Waals surface area contributed by atoms with E-state index in [4.69, 9.17) is 0 Å². The van der Waals surface area contributed by atoms with Crippen LogP contribution in [0, 0.1) is 6.92 Å². The Kier molecular flexibility index (Phi) is 2.14. The monoisotopic (exact) mass is 206 g/mol. The number of benzene rings is 2. The Hall–Kier alpha value is -1.82. The van der Waals surface area contributed by atoms with Crippen molar-refractivity contribution in [2.75, 3.05) is 0 Å². The van der Waals surface area contributed by atoms with Gasteiger partial charge in [-0.25, -0.2) is 0 Å². The van der Waals surface area contributed by atoms with Gasteiger partial charge < -0.3 is 0 Å². The van der Waals surface area contributed by atoms with E-state index in [0.717, 1.165) is 6.42 Å². The normalized spacial score (nSPS) is 12.8. The van der Waals surface area contributed by atoms with Crippen molar-refractivity contribution in [3.8, 4) is 0 Å². The predicted molar refractivity (Wildman–Crippen MR) is 69.4 cm³/mol. The summed E-state index contributed by atoms with van der Waals surface area (Å²) in [6, 6.07) is 15.2. The van der Waals surface area contributed by atoms with Gasteiger partial charge in [-0.1, -0.05) is 54.6 Å². The Bertz CT molecular complexity index is 562. The quantitative estimate of drug-likeness (QED) is 0.520. The summed E-state index contributed by atoms with van der Waals surface area (Å²) in [5.41, 5.74) is 6.98. The first-order valence-electron chi connectivity index (χ1n) is 5.69. The summed E-state index contributed by atoms with van der Waals surface area (Å²) < 4.78 is 0. The van der Waals surface area contributed by atoms with Crippen LogP contribution in [0.25, 0.3) is 12.2 Å². The van der Waals surface area contributed by atoms with Crippen LogP contribution in [-0.2, 0) is 6.42 Å². The zero-order valence-electron chi connectivity index (χ0n) is 9.40. The zero-order chi connectivity index (χ0) is 11.0. The van der Waals surface area contributed by atoms with Gasteiger partial charge in [-0.2, -0.15) is 0 Å². The highest BCUT2D eigenvalue weighted by atomic mass is 14.1. The number of aryl methyl sites for hydroxylation is 1. The Labute approximate surface area is 96.3 Å². The van der Waals surface area contributed by atoms with Crippen LogP contribution in [0.2, 0.25) is 0 Å². The Morgan fingerprint density at radius 1 is 0.812 bits per heavy atom. The Morgan fingerprint density at radius 2 is 1.56 bits per heavy atom. The molecule has 0 amide bonds. The fourth-order valence-corrected chi connectivity index (χ4v) is 2.35. The number of hydrogen-bond donors (Lipinski definition) is 0. The standard InChI is InChI=1S/C16H14/c1-12-5-4-8-14-10-9-13-6-2-3-7-15(13)11-16(12)14/h2-10H,11H2,1H3. The summed E-state index contributed by atoms with van der Waals surface area (Å²) in [6.45, 7) is 2.20. The largest absolute Gasteiger partial charge is 0.0619 e. The van der Waals surface area contributed by atoms with Gasteiger partial charge in [0.15, 0.2) is 0 Å². The lowest BCUT2D eigenvalue weighted by atomic mass is 9.96. The summed E-state index contributed by atoms with van der Waals surface area (Å²) in [5, 5.41) is 0. The van der Waals surface area contributed by atoms with Gasteiger partial charge in [-0.05, 0) is 41.2 Å². The maximum Gasteiger partial charge on any atom is -0.00113 e. The van der Waals surface area contributed by atoms with E-state index < -0.39 is 0 Å². The smallest absolute Gasteiger partial charge is 0.00113 e. The molecule has 0 nitrogen and oxygen atoms in total. The van der Waals surface area contributed by atoms with Crippen LogP contribution < -0.4 is 0 Å². The molecule has 0 heterocycles. The molecule has 1 aliphatic rings. The van der Waals surface area contributed by atoms with E-state index in [2.05, 4.69) is 61.5 Å². The van der Waals surface area contributed by atoms with E-state index in [1.807, 2.05) is 0 Å². The average molecular weight is 206 g/mol. The second-order valence-electron chi connectivity index (χ2n) is 4.35. The minimum Gasteiger partial charge on any atom is -0.0619 e. The van der Waals surface area contributed by atoms with E-state index in [1.165, 1.54) is 27.8 Å². The van der Waals surface area contributed by atoms with Crippen LogP contribution in [0.3, 0.4) is 0 Å². The van der Waals surface area contributed by atoms with Crippen molar-refractivity contribution in [3.63, 3.8) is 0 Å². The number of rotatable bonds is 0. The van der Waals surface area contributed by atoms with Gasteiger partial charge in [-0.3, -0.25) is 0 Å². The summed E-state index contributed by atoms with van der Waals surface area (Å²) in [6.07, 6.45) is 5.50. The molecule has 2 aromatic rings. The summed E-state index contributed by atoms with van der Waals surface area (Å²) in [5.74, 6) is 0. The molecule has 0 aromatic heterocycles. The summed E-state index contributed by atoms with van der Waals surface area (Å²) >= 11 is 0. The van der Waals surface area contributed by atoms with Gasteiger partial charge in [0.1, 0.15) is 0 Å². The maximum atomic E-state index is 2.23. The van der Waals surface area contributed by atoms with Crippen molar-refractivity contribution in [2.24, 2.45) is 0 Å². The van der Waals surface area contributed by atoms with Crippen molar-refractivity contribution in [3.05, 3.63) is 70.3 Å². The molecule has 0 bridgehead atoms. The molecule has 0 unspecified atom stereocenters. The zero-order valence-corrected chi connectivity index (χ0v) is 9.40. The highest BCUT2D eigenvalue weighted by Crippen LogP contribution is 2.26. The number of hydrogen-bond acceptors (Lipinski definition) is 0. The van der Waals surface area contributed by atoms with Crippen LogP contribution in [0.15, 0.2) is 42.5 Å². The minimum absolute atomic E-state index is 1.05. The highest BCUT2D eigenvalue weighted by molar-refractivity contribution is 5.75. The molecule has 0 heteroatoms. The van der Waals surface area contributed by atoms with Gasteiger partial charge in [0.25, 0.3) is 0 Å². The molecule has 0 aliphatic heterocycles. The van der Waals surface area contributed by atoms with Crippen LogP contribution in [0.4, 0.5) is 0 Å². The minimum atomic E-state index is 1.05. The van der Waals surface area contributed by atoms with Gasteiger partial charge in [-0.15, -0.1) is 0 Å². The van der Waals surface area contributed by atoms with E-state index in [-0.39, 0.29) is 0 Å². The fourth-order valence-electron chi connectivity index (χ4n) is 2.35. The fraction of sp³-hybridized carbons (Fsp3) is 0.125. The molecule has 16 heavy (non-hydrogen) atoms. The Morgan fingerprint density at radius 3 is 2.50 bits per heavy atom. The molecule has 3 rings (SSSR count). The molecule has 0 radical (unpaired) electrons. The molecule has 1 aliphatic carbocycles. The summed E-state index contributed by atoms with van der Waals surface area (Å²) in [7, 11) is 0. The highest BCUT2D eigenvalue weighted by Gasteiger charge is 2.09. The van der Waals surface area contributed by atoms with Gasteiger partial charge in [0.2, 0.25) is 0 Å². The van der Waals surface area contributed by atoms with Crippen molar-refractivity contribution >= 4 is 12.2 Å². The van der Waals surface area contributed by atoms with Crippen LogP contribution >= 0.6 is 0 Å².